The van der Waals surface area contributed by atoms with Crippen LogP contribution in [0.5, 0.6) is 0 Å². The van der Waals surface area contributed by atoms with Crippen molar-refractivity contribution in [3.05, 3.63) is 48.6 Å². The molecule has 51 valence electrons. The van der Waals surface area contributed by atoms with Crippen molar-refractivity contribution in [2.45, 2.75) is 0 Å². The second-order valence-electron chi connectivity index (χ2n) is 1.90. The molecular formula is C9H8F. The maximum Gasteiger partial charge on any atom is 0.153 e. The summed E-state index contributed by atoms with van der Waals surface area (Å²) in [6.07, 6.45) is 3.08. The van der Waals surface area contributed by atoms with Gasteiger partial charge in [0.1, 0.15) is 0 Å². The Labute approximate surface area is 60.0 Å². The topological polar surface area (TPSA) is 0 Å². The van der Waals surface area contributed by atoms with Crippen LogP contribution in [0.1, 0.15) is 5.56 Å². The number of allylic oxidation sites excluding steroid dienone is 1. The van der Waals surface area contributed by atoms with Crippen LogP contribution < -0.4 is 0 Å². The number of benzene rings is 1. The summed E-state index contributed by atoms with van der Waals surface area (Å²) in [5.41, 5.74) is 1.01. The lowest BCUT2D eigenvalue weighted by atomic mass is 10.2. The summed E-state index contributed by atoms with van der Waals surface area (Å²) in [5.74, 6) is 0. The quantitative estimate of drug-likeness (QED) is 0.585. The van der Waals surface area contributed by atoms with Gasteiger partial charge in [-0.2, -0.15) is 0 Å². The van der Waals surface area contributed by atoms with Crippen molar-refractivity contribution in [1.29, 1.82) is 0 Å². The van der Waals surface area contributed by atoms with Crippen LogP contribution in [0.4, 0.5) is 4.39 Å². The fourth-order valence-corrected chi connectivity index (χ4v) is 0.712. The summed E-state index contributed by atoms with van der Waals surface area (Å²) in [4.78, 5) is 0. The smallest absolute Gasteiger partial charge is 0.153 e. The first-order chi connectivity index (χ1) is 4.93. The highest BCUT2D eigenvalue weighted by molar-refractivity contribution is 5.49. The molecule has 0 amide bonds. The zero-order valence-corrected chi connectivity index (χ0v) is 5.50. The maximum atomic E-state index is 11.5. The molecule has 10 heavy (non-hydrogen) atoms. The van der Waals surface area contributed by atoms with Crippen LogP contribution in [0.15, 0.2) is 36.4 Å². The van der Waals surface area contributed by atoms with Crippen molar-refractivity contribution >= 4 is 6.08 Å². The zero-order chi connectivity index (χ0) is 7.23. The van der Waals surface area contributed by atoms with Gasteiger partial charge in [-0.15, -0.1) is 0 Å². The summed E-state index contributed by atoms with van der Waals surface area (Å²) < 4.78 is 11.5. The van der Waals surface area contributed by atoms with Crippen molar-refractivity contribution in [2.75, 3.05) is 0 Å². The van der Waals surface area contributed by atoms with Gasteiger partial charge in [-0.3, -0.25) is 0 Å². The van der Waals surface area contributed by atoms with Crippen molar-refractivity contribution in [3.8, 4) is 0 Å². The molecule has 1 aromatic carbocycles. The highest BCUT2D eigenvalue weighted by Gasteiger charge is 1.80. The zero-order valence-electron chi connectivity index (χ0n) is 5.50. The molecule has 0 aliphatic heterocycles. The fraction of sp³-hybridized carbons (Fsp3) is 0. The van der Waals surface area contributed by atoms with Crippen LogP contribution >= 0.6 is 0 Å². The average Bonchev–Trinajstić information content (AvgIpc) is 2.03. The van der Waals surface area contributed by atoms with E-state index in [4.69, 9.17) is 0 Å². The predicted octanol–water partition coefficient (Wildman–Crippen LogP) is 2.83. The van der Waals surface area contributed by atoms with Gasteiger partial charge in [-0.05, 0) is 11.6 Å². The van der Waals surface area contributed by atoms with Crippen molar-refractivity contribution in [1.82, 2.24) is 0 Å². The Morgan fingerprint density at radius 1 is 1.10 bits per heavy atom. The Morgan fingerprint density at radius 2 is 1.80 bits per heavy atom. The highest BCUT2D eigenvalue weighted by Crippen LogP contribution is 2.00. The molecule has 0 heterocycles. The van der Waals surface area contributed by atoms with E-state index in [-0.39, 0.29) is 0 Å². The minimum absolute atomic E-state index is 0.521. The summed E-state index contributed by atoms with van der Waals surface area (Å²) in [7, 11) is 0. The van der Waals surface area contributed by atoms with E-state index in [1.165, 1.54) is 6.08 Å². The fourth-order valence-electron chi connectivity index (χ4n) is 0.712. The SMILES string of the molecule is F[CH]C=Cc1ccccc1. The number of hydrogen-bond acceptors (Lipinski definition) is 0. The third kappa shape index (κ3) is 2.02. The van der Waals surface area contributed by atoms with E-state index in [1.54, 1.807) is 6.08 Å². The van der Waals surface area contributed by atoms with Crippen LogP contribution in [0, 0.1) is 6.67 Å². The summed E-state index contributed by atoms with van der Waals surface area (Å²) in [5, 5.41) is 0. The first-order valence-electron chi connectivity index (χ1n) is 3.08. The monoisotopic (exact) mass is 135 g/mol. The molecule has 0 saturated heterocycles. The van der Waals surface area contributed by atoms with Crippen LogP contribution in [-0.2, 0) is 0 Å². The standard InChI is InChI=1S/C9H8F/c10-8-4-7-9-5-2-1-3-6-9/h1-8H. The first-order valence-corrected chi connectivity index (χ1v) is 3.08. The van der Waals surface area contributed by atoms with Crippen molar-refractivity contribution in [3.63, 3.8) is 0 Å². The van der Waals surface area contributed by atoms with Gasteiger partial charge >= 0.3 is 0 Å². The Balaban J connectivity index is 2.67. The molecule has 1 radical (unpaired) electrons. The van der Waals surface area contributed by atoms with Gasteiger partial charge in [0.15, 0.2) is 6.67 Å². The average molecular weight is 135 g/mol. The van der Waals surface area contributed by atoms with Gasteiger partial charge in [-0.1, -0.05) is 36.4 Å². The third-order valence-corrected chi connectivity index (χ3v) is 1.16. The Bertz CT molecular complexity index is 201. The molecule has 0 aromatic heterocycles. The second kappa shape index (κ2) is 3.83. The molecule has 0 unspecified atom stereocenters. The molecule has 0 N–H and O–H groups in total. The Kier molecular flexibility index (Phi) is 2.68. The normalized spacial score (nSPS) is 10.5. The molecule has 1 heteroatoms. The lowest BCUT2D eigenvalue weighted by Gasteiger charge is -1.87. The predicted molar refractivity (Wildman–Crippen MR) is 40.9 cm³/mol. The molecule has 0 atom stereocenters. The molecular weight excluding hydrogens is 127 g/mol. The van der Waals surface area contributed by atoms with Crippen molar-refractivity contribution in [2.24, 2.45) is 0 Å². The van der Waals surface area contributed by atoms with E-state index in [2.05, 4.69) is 0 Å². The van der Waals surface area contributed by atoms with Crippen LogP contribution in [0.2, 0.25) is 0 Å². The van der Waals surface area contributed by atoms with Gasteiger partial charge in [0, 0.05) is 0 Å². The summed E-state index contributed by atoms with van der Waals surface area (Å²) in [6, 6.07) is 9.59. The Morgan fingerprint density at radius 3 is 2.40 bits per heavy atom. The number of halogens is 1. The minimum atomic E-state index is 0.521. The number of hydrogen-bond donors (Lipinski definition) is 0. The molecule has 0 aliphatic rings. The first kappa shape index (κ1) is 7.00. The molecule has 1 aromatic rings. The molecule has 0 nitrogen and oxygen atoms in total. The lowest BCUT2D eigenvalue weighted by molar-refractivity contribution is 0.657. The van der Waals surface area contributed by atoms with Gasteiger partial charge in [0.25, 0.3) is 0 Å². The van der Waals surface area contributed by atoms with E-state index in [0.29, 0.717) is 6.67 Å². The van der Waals surface area contributed by atoms with E-state index in [9.17, 15) is 4.39 Å². The van der Waals surface area contributed by atoms with Crippen LogP contribution in [0.3, 0.4) is 0 Å². The molecule has 0 spiro atoms. The van der Waals surface area contributed by atoms with Gasteiger partial charge in [0.05, 0.1) is 0 Å². The molecule has 0 fully saturated rings. The molecule has 1 rings (SSSR count). The largest absolute Gasteiger partial charge is 0.239 e. The van der Waals surface area contributed by atoms with Crippen LogP contribution in [0.25, 0.3) is 6.08 Å². The van der Waals surface area contributed by atoms with Crippen LogP contribution in [-0.4, -0.2) is 0 Å². The molecule has 0 bridgehead atoms. The van der Waals surface area contributed by atoms with E-state index in [0.717, 1.165) is 5.56 Å². The maximum absolute atomic E-state index is 11.5. The van der Waals surface area contributed by atoms with E-state index in [1.807, 2.05) is 30.3 Å². The van der Waals surface area contributed by atoms with E-state index < -0.39 is 0 Å². The summed E-state index contributed by atoms with van der Waals surface area (Å²) >= 11 is 0. The second-order valence-corrected chi connectivity index (χ2v) is 1.90. The Hall–Kier alpha value is -1.11. The lowest BCUT2D eigenvalue weighted by Crippen LogP contribution is -1.66. The van der Waals surface area contributed by atoms with Gasteiger partial charge in [0.2, 0.25) is 0 Å². The summed E-state index contributed by atoms with van der Waals surface area (Å²) in [6.45, 7) is 0.521. The van der Waals surface area contributed by atoms with Gasteiger partial charge < -0.3 is 0 Å². The third-order valence-electron chi connectivity index (χ3n) is 1.16. The van der Waals surface area contributed by atoms with Crippen molar-refractivity contribution < 1.29 is 4.39 Å². The minimum Gasteiger partial charge on any atom is -0.239 e. The molecule has 0 aliphatic carbocycles. The molecule has 0 saturated carbocycles. The highest BCUT2D eigenvalue weighted by atomic mass is 19.1. The van der Waals surface area contributed by atoms with Gasteiger partial charge in [-0.25, -0.2) is 4.39 Å². The number of rotatable bonds is 2. The van der Waals surface area contributed by atoms with E-state index >= 15 is 0 Å².